The minimum atomic E-state index is -3.86. The predicted molar refractivity (Wildman–Crippen MR) is 60.0 cm³/mol. The number of oxazole rings is 1. The normalized spacial score (nSPS) is 11.6. The molecular weight excluding hydrogens is 273 g/mol. The molecule has 4 nitrogen and oxygen atoms in total. The lowest BCUT2D eigenvalue weighted by Gasteiger charge is -1.94. The molecule has 2 aromatic rings. The number of hydrogen-bond acceptors (Lipinski definition) is 4. The van der Waals surface area contributed by atoms with Gasteiger partial charge >= 0.3 is 0 Å². The highest BCUT2D eigenvalue weighted by Crippen LogP contribution is 2.23. The largest absolute Gasteiger partial charge is 0.443 e. The molecule has 16 heavy (non-hydrogen) atoms. The molecule has 0 aliphatic heterocycles. The van der Waals surface area contributed by atoms with Crippen molar-refractivity contribution in [2.45, 2.75) is 5.03 Å². The van der Waals surface area contributed by atoms with Crippen molar-refractivity contribution in [3.63, 3.8) is 0 Å². The number of hydrogen-bond donors (Lipinski definition) is 0. The quantitative estimate of drug-likeness (QED) is 0.792. The van der Waals surface area contributed by atoms with Crippen LogP contribution in [-0.2, 0) is 9.05 Å². The molecule has 84 valence electrons. The zero-order valence-corrected chi connectivity index (χ0v) is 10.1. The van der Waals surface area contributed by atoms with E-state index in [1.165, 1.54) is 0 Å². The smallest absolute Gasteiger partial charge is 0.281 e. The van der Waals surface area contributed by atoms with Crippen LogP contribution in [0.1, 0.15) is 0 Å². The Morgan fingerprint density at radius 2 is 1.81 bits per heavy atom. The Balaban J connectivity index is 2.43. The summed E-state index contributed by atoms with van der Waals surface area (Å²) in [6.45, 7) is 0. The fraction of sp³-hybridized carbons (Fsp3) is 0. The monoisotopic (exact) mass is 277 g/mol. The molecular formula is C9H5Cl2NO3S. The summed E-state index contributed by atoms with van der Waals surface area (Å²) in [5, 5.41) is 0.264. The van der Waals surface area contributed by atoms with E-state index in [0.717, 1.165) is 6.26 Å². The van der Waals surface area contributed by atoms with Gasteiger partial charge in [-0.3, -0.25) is 0 Å². The van der Waals surface area contributed by atoms with Crippen LogP contribution in [0, 0.1) is 0 Å². The highest BCUT2D eigenvalue weighted by molar-refractivity contribution is 8.13. The van der Waals surface area contributed by atoms with E-state index in [9.17, 15) is 8.42 Å². The van der Waals surface area contributed by atoms with E-state index in [-0.39, 0.29) is 10.9 Å². The molecule has 1 heterocycles. The molecule has 1 aromatic carbocycles. The van der Waals surface area contributed by atoms with Crippen LogP contribution in [0.4, 0.5) is 0 Å². The molecule has 1 aromatic heterocycles. The zero-order valence-electron chi connectivity index (χ0n) is 7.72. The maximum Gasteiger partial charge on any atom is 0.281 e. The first-order valence-electron chi connectivity index (χ1n) is 4.13. The summed E-state index contributed by atoms with van der Waals surface area (Å²) < 4.78 is 26.9. The van der Waals surface area contributed by atoms with Crippen molar-refractivity contribution in [2.24, 2.45) is 0 Å². The third kappa shape index (κ3) is 2.37. The van der Waals surface area contributed by atoms with Crippen molar-refractivity contribution in [1.29, 1.82) is 0 Å². The summed E-state index contributed by atoms with van der Waals surface area (Å²) in [5.41, 5.74) is 0.621. The van der Waals surface area contributed by atoms with Crippen LogP contribution in [0.15, 0.2) is 40.0 Å². The van der Waals surface area contributed by atoms with Crippen molar-refractivity contribution >= 4 is 31.3 Å². The van der Waals surface area contributed by atoms with Gasteiger partial charge in [0.15, 0.2) is 0 Å². The summed E-state index contributed by atoms with van der Waals surface area (Å²) in [6.07, 6.45) is 0.992. The summed E-state index contributed by atoms with van der Waals surface area (Å²) in [4.78, 5) is 3.75. The second-order valence-electron chi connectivity index (χ2n) is 2.94. The summed E-state index contributed by atoms with van der Waals surface area (Å²) >= 11 is 5.71. The van der Waals surface area contributed by atoms with E-state index in [1.54, 1.807) is 24.3 Å². The lowest BCUT2D eigenvalue weighted by molar-refractivity contribution is 0.568. The topological polar surface area (TPSA) is 60.2 Å². The lowest BCUT2D eigenvalue weighted by atomic mass is 10.2. The SMILES string of the molecule is O=S(=O)(Cl)c1coc(-c2ccc(Cl)cc2)n1. The Morgan fingerprint density at radius 3 is 2.31 bits per heavy atom. The Bertz CT molecular complexity index is 604. The van der Waals surface area contributed by atoms with Crippen LogP contribution in [0.25, 0.3) is 11.5 Å². The van der Waals surface area contributed by atoms with Crippen molar-refractivity contribution in [2.75, 3.05) is 0 Å². The van der Waals surface area contributed by atoms with Gasteiger partial charge in [0.25, 0.3) is 9.05 Å². The summed E-state index contributed by atoms with van der Waals surface area (Å²) in [7, 11) is 1.26. The van der Waals surface area contributed by atoms with Gasteiger partial charge in [-0.1, -0.05) is 11.6 Å². The van der Waals surface area contributed by atoms with Crippen LogP contribution < -0.4 is 0 Å². The van der Waals surface area contributed by atoms with E-state index in [0.29, 0.717) is 10.6 Å². The van der Waals surface area contributed by atoms with E-state index in [1.807, 2.05) is 0 Å². The molecule has 0 spiro atoms. The standard InChI is InChI=1S/C9H5Cl2NO3S/c10-7-3-1-6(2-4-7)9-12-8(5-15-9)16(11,13)14/h1-5H. The molecule has 0 fully saturated rings. The first-order valence-corrected chi connectivity index (χ1v) is 6.82. The van der Waals surface area contributed by atoms with Gasteiger partial charge in [0, 0.05) is 21.3 Å². The summed E-state index contributed by atoms with van der Waals surface area (Å²) in [6, 6.07) is 6.63. The van der Waals surface area contributed by atoms with Crippen molar-refractivity contribution < 1.29 is 12.8 Å². The second kappa shape index (κ2) is 4.08. The Morgan fingerprint density at radius 1 is 1.19 bits per heavy atom. The van der Waals surface area contributed by atoms with Crippen LogP contribution in [0.5, 0.6) is 0 Å². The minimum absolute atomic E-state index is 0.177. The molecule has 0 saturated heterocycles. The van der Waals surface area contributed by atoms with Crippen LogP contribution in [0.2, 0.25) is 5.02 Å². The molecule has 0 aliphatic rings. The van der Waals surface area contributed by atoms with Crippen molar-refractivity contribution in [3.8, 4) is 11.5 Å². The highest BCUT2D eigenvalue weighted by Gasteiger charge is 2.16. The van der Waals surface area contributed by atoms with Gasteiger partial charge in [-0.05, 0) is 24.3 Å². The molecule has 2 rings (SSSR count). The average molecular weight is 278 g/mol. The number of nitrogens with zero attached hydrogens (tertiary/aromatic N) is 1. The fourth-order valence-corrected chi connectivity index (χ4v) is 1.79. The Labute approximate surface area is 101 Å². The van der Waals surface area contributed by atoms with Gasteiger partial charge in [-0.15, -0.1) is 0 Å². The predicted octanol–water partition coefficient (Wildman–Crippen LogP) is 2.92. The summed E-state index contributed by atoms with van der Waals surface area (Å²) in [5.74, 6) is 0.177. The molecule has 0 aliphatic carbocycles. The average Bonchev–Trinajstić information content (AvgIpc) is 2.67. The minimum Gasteiger partial charge on any atom is -0.443 e. The maximum atomic E-state index is 11.0. The van der Waals surface area contributed by atoms with Gasteiger partial charge in [-0.25, -0.2) is 8.42 Å². The number of halogens is 2. The van der Waals surface area contributed by atoms with Gasteiger partial charge in [0.2, 0.25) is 10.9 Å². The zero-order chi connectivity index (χ0) is 11.8. The Kier molecular flexibility index (Phi) is 2.92. The first kappa shape index (κ1) is 11.4. The highest BCUT2D eigenvalue weighted by atomic mass is 35.7. The third-order valence-electron chi connectivity index (χ3n) is 1.82. The van der Waals surface area contributed by atoms with E-state index >= 15 is 0 Å². The molecule has 0 radical (unpaired) electrons. The van der Waals surface area contributed by atoms with Crippen LogP contribution >= 0.6 is 22.3 Å². The molecule has 0 amide bonds. The second-order valence-corrected chi connectivity index (χ2v) is 5.88. The lowest BCUT2D eigenvalue weighted by Crippen LogP contribution is -1.90. The van der Waals surface area contributed by atoms with Gasteiger partial charge in [-0.2, -0.15) is 4.98 Å². The van der Waals surface area contributed by atoms with Crippen molar-refractivity contribution in [1.82, 2.24) is 4.98 Å². The fourth-order valence-electron chi connectivity index (χ4n) is 1.10. The number of aromatic nitrogens is 1. The molecule has 0 bridgehead atoms. The number of rotatable bonds is 2. The van der Waals surface area contributed by atoms with Gasteiger partial charge in [0.05, 0.1) is 0 Å². The first-order chi connectivity index (χ1) is 7.47. The van der Waals surface area contributed by atoms with E-state index in [2.05, 4.69) is 4.98 Å². The molecule has 0 atom stereocenters. The Hall–Kier alpha value is -1.04. The number of benzene rings is 1. The molecule has 0 unspecified atom stereocenters. The maximum absolute atomic E-state index is 11.0. The molecule has 7 heteroatoms. The van der Waals surface area contributed by atoms with Crippen LogP contribution in [-0.4, -0.2) is 13.4 Å². The van der Waals surface area contributed by atoms with Gasteiger partial charge < -0.3 is 4.42 Å². The molecule has 0 N–H and O–H groups in total. The van der Waals surface area contributed by atoms with E-state index in [4.69, 9.17) is 26.7 Å². The molecule has 0 saturated carbocycles. The van der Waals surface area contributed by atoms with Gasteiger partial charge in [0.1, 0.15) is 6.26 Å². The third-order valence-corrected chi connectivity index (χ3v) is 3.24. The van der Waals surface area contributed by atoms with Crippen LogP contribution in [0.3, 0.4) is 0 Å². The van der Waals surface area contributed by atoms with E-state index < -0.39 is 9.05 Å². The van der Waals surface area contributed by atoms with Crippen molar-refractivity contribution in [3.05, 3.63) is 35.6 Å².